The number of hydrogen-bond acceptors (Lipinski definition) is 4. The molecule has 0 aliphatic heterocycles. The molecule has 6 nitrogen and oxygen atoms in total. The molecule has 0 N–H and O–H groups in total. The van der Waals surface area contributed by atoms with Crippen molar-refractivity contribution >= 4 is 30.1 Å². The zero-order valence-electron chi connectivity index (χ0n) is 16.4. The van der Waals surface area contributed by atoms with Crippen molar-refractivity contribution in [1.29, 1.82) is 0 Å². The maximum absolute atomic E-state index is 12.4. The molecule has 0 saturated carbocycles. The Morgan fingerprint density at radius 2 is 1.86 bits per heavy atom. The van der Waals surface area contributed by atoms with E-state index in [1.807, 2.05) is 39.5 Å². The van der Waals surface area contributed by atoms with E-state index in [4.69, 9.17) is 4.74 Å². The largest absolute Gasteiger partial charge is 0.361 e. The summed E-state index contributed by atoms with van der Waals surface area (Å²) in [4.78, 5) is 21.5. The maximum atomic E-state index is 12.4. The third-order valence-electron chi connectivity index (χ3n) is 4.75. The Morgan fingerprint density at radius 1 is 1.07 bits per heavy atom. The molecule has 144 valence electrons. The fraction of sp³-hybridized carbons (Fsp3) is 0.286. The van der Waals surface area contributed by atoms with Crippen molar-refractivity contribution in [2.45, 2.75) is 32.4 Å². The highest BCUT2D eigenvalue weighted by molar-refractivity contribution is 6.76. The SMILES string of the molecule is C[Si](C)(C)CCOCn1cnc2c1ncc1c(=O)ccn(-c3ccccc3)c12. The Kier molecular flexibility index (Phi) is 4.86. The Bertz CT molecular complexity index is 1180. The fourth-order valence-corrected chi connectivity index (χ4v) is 3.92. The van der Waals surface area contributed by atoms with Crippen molar-refractivity contribution in [3.63, 3.8) is 0 Å². The molecule has 0 aliphatic rings. The van der Waals surface area contributed by atoms with E-state index in [-0.39, 0.29) is 5.43 Å². The summed E-state index contributed by atoms with van der Waals surface area (Å²) in [6.07, 6.45) is 5.17. The second kappa shape index (κ2) is 7.33. The van der Waals surface area contributed by atoms with Crippen molar-refractivity contribution in [3.8, 4) is 5.69 Å². The third kappa shape index (κ3) is 3.63. The van der Waals surface area contributed by atoms with Gasteiger partial charge in [0.05, 0.1) is 17.2 Å². The fourth-order valence-electron chi connectivity index (χ4n) is 3.16. The van der Waals surface area contributed by atoms with Crippen molar-refractivity contribution in [1.82, 2.24) is 19.1 Å². The number of rotatable bonds is 6. The van der Waals surface area contributed by atoms with E-state index in [1.165, 1.54) is 0 Å². The number of fused-ring (bicyclic) bond motifs is 3. The number of imidazole rings is 1. The van der Waals surface area contributed by atoms with Crippen molar-refractivity contribution in [2.24, 2.45) is 0 Å². The van der Waals surface area contributed by atoms with E-state index >= 15 is 0 Å². The lowest BCUT2D eigenvalue weighted by molar-refractivity contribution is 0.0895. The Morgan fingerprint density at radius 3 is 2.61 bits per heavy atom. The minimum atomic E-state index is -1.12. The number of pyridine rings is 2. The molecule has 0 spiro atoms. The van der Waals surface area contributed by atoms with Crippen molar-refractivity contribution < 1.29 is 4.74 Å². The van der Waals surface area contributed by atoms with E-state index in [0.29, 0.717) is 17.6 Å². The molecular formula is C21H24N4O2Si. The van der Waals surface area contributed by atoms with Gasteiger partial charge in [-0.15, -0.1) is 0 Å². The molecule has 0 saturated heterocycles. The lowest BCUT2D eigenvalue weighted by Crippen LogP contribution is -2.22. The van der Waals surface area contributed by atoms with Crippen molar-refractivity contribution in [3.05, 3.63) is 65.3 Å². The second-order valence-corrected chi connectivity index (χ2v) is 13.8. The molecule has 7 heteroatoms. The molecule has 3 aromatic heterocycles. The Labute approximate surface area is 164 Å². The first-order valence-electron chi connectivity index (χ1n) is 9.42. The maximum Gasteiger partial charge on any atom is 0.191 e. The molecule has 0 atom stereocenters. The highest BCUT2D eigenvalue weighted by Crippen LogP contribution is 2.23. The minimum Gasteiger partial charge on any atom is -0.361 e. The van der Waals surface area contributed by atoms with Gasteiger partial charge in [-0.25, -0.2) is 9.97 Å². The molecule has 3 heterocycles. The number of ether oxygens (including phenoxy) is 1. The van der Waals surface area contributed by atoms with Gasteiger partial charge in [-0.05, 0) is 18.2 Å². The van der Waals surface area contributed by atoms with Crippen LogP contribution in [0.1, 0.15) is 0 Å². The summed E-state index contributed by atoms with van der Waals surface area (Å²) in [5, 5.41) is 0.559. The van der Waals surface area contributed by atoms with E-state index in [9.17, 15) is 4.79 Å². The van der Waals surface area contributed by atoms with Crippen LogP contribution in [-0.4, -0.2) is 33.8 Å². The van der Waals surface area contributed by atoms with Gasteiger partial charge in [0.25, 0.3) is 0 Å². The second-order valence-electron chi connectivity index (χ2n) is 8.14. The molecule has 0 radical (unpaired) electrons. The van der Waals surface area contributed by atoms with E-state index in [1.54, 1.807) is 24.8 Å². The topological polar surface area (TPSA) is 61.9 Å². The molecule has 0 bridgehead atoms. The molecule has 4 rings (SSSR count). The highest BCUT2D eigenvalue weighted by atomic mass is 28.3. The van der Waals surface area contributed by atoms with Crippen LogP contribution in [0.2, 0.25) is 25.7 Å². The van der Waals surface area contributed by atoms with Crippen LogP contribution in [0.5, 0.6) is 0 Å². The van der Waals surface area contributed by atoms with E-state index in [0.717, 1.165) is 29.5 Å². The summed E-state index contributed by atoms with van der Waals surface area (Å²) in [5.41, 5.74) is 3.10. The number of para-hydroxylation sites is 1. The quantitative estimate of drug-likeness (QED) is 0.367. The van der Waals surface area contributed by atoms with Gasteiger partial charge < -0.3 is 9.30 Å². The van der Waals surface area contributed by atoms with Crippen LogP contribution in [0.25, 0.3) is 27.8 Å². The Balaban J connectivity index is 1.77. The van der Waals surface area contributed by atoms with Gasteiger partial charge in [0.2, 0.25) is 0 Å². The summed E-state index contributed by atoms with van der Waals surface area (Å²) >= 11 is 0. The zero-order chi connectivity index (χ0) is 19.7. The first kappa shape index (κ1) is 18.6. The van der Waals surface area contributed by atoms with Gasteiger partial charge in [0.15, 0.2) is 11.1 Å². The van der Waals surface area contributed by atoms with Gasteiger partial charge in [-0.1, -0.05) is 37.8 Å². The first-order valence-corrected chi connectivity index (χ1v) is 13.1. The number of aromatic nitrogens is 4. The average Bonchev–Trinajstić information content (AvgIpc) is 3.09. The van der Waals surface area contributed by atoms with Crippen LogP contribution in [0.15, 0.2) is 59.9 Å². The zero-order valence-corrected chi connectivity index (χ0v) is 17.4. The van der Waals surface area contributed by atoms with Crippen LogP contribution in [0.4, 0.5) is 0 Å². The van der Waals surface area contributed by atoms with Crippen LogP contribution in [-0.2, 0) is 11.5 Å². The summed E-state index contributed by atoms with van der Waals surface area (Å²) in [6.45, 7) is 8.14. The van der Waals surface area contributed by atoms with Crippen LogP contribution >= 0.6 is 0 Å². The smallest absolute Gasteiger partial charge is 0.191 e. The Hall–Kier alpha value is -2.77. The predicted molar refractivity (Wildman–Crippen MR) is 115 cm³/mol. The predicted octanol–water partition coefficient (Wildman–Crippen LogP) is 4.05. The van der Waals surface area contributed by atoms with Gasteiger partial charge in [-0.3, -0.25) is 9.36 Å². The molecular weight excluding hydrogens is 368 g/mol. The average molecular weight is 393 g/mol. The highest BCUT2D eigenvalue weighted by Gasteiger charge is 2.15. The molecule has 1 aromatic carbocycles. The molecule has 28 heavy (non-hydrogen) atoms. The molecule has 0 amide bonds. The van der Waals surface area contributed by atoms with Crippen LogP contribution < -0.4 is 5.43 Å². The van der Waals surface area contributed by atoms with Crippen LogP contribution in [0, 0.1) is 0 Å². The lowest BCUT2D eigenvalue weighted by atomic mass is 10.2. The van der Waals surface area contributed by atoms with Crippen LogP contribution in [0.3, 0.4) is 0 Å². The molecule has 0 unspecified atom stereocenters. The third-order valence-corrected chi connectivity index (χ3v) is 6.45. The summed E-state index contributed by atoms with van der Waals surface area (Å²) < 4.78 is 9.75. The van der Waals surface area contributed by atoms with E-state index in [2.05, 4.69) is 29.6 Å². The van der Waals surface area contributed by atoms with Gasteiger partial charge in [0, 0.05) is 38.8 Å². The normalized spacial score (nSPS) is 12.1. The number of benzene rings is 1. The summed E-state index contributed by atoms with van der Waals surface area (Å²) in [7, 11) is -1.12. The monoisotopic (exact) mass is 392 g/mol. The van der Waals surface area contributed by atoms with Gasteiger partial charge in [0.1, 0.15) is 12.2 Å². The molecule has 0 fully saturated rings. The first-order chi connectivity index (χ1) is 13.4. The van der Waals surface area contributed by atoms with Gasteiger partial charge >= 0.3 is 0 Å². The standard InChI is InChI=1S/C21H24N4O2Si/c1-28(2,3)12-11-27-15-24-14-23-19-20-17(13-22-21(19)24)18(26)9-10-25(20)16-7-5-4-6-8-16/h4-10,13-14H,11-12,15H2,1-3H3. The van der Waals surface area contributed by atoms with Crippen molar-refractivity contribution in [2.75, 3.05) is 6.61 Å². The number of nitrogens with zero attached hydrogens (tertiary/aromatic N) is 4. The molecule has 4 aromatic rings. The lowest BCUT2D eigenvalue weighted by Gasteiger charge is -2.15. The van der Waals surface area contributed by atoms with E-state index < -0.39 is 8.07 Å². The number of hydrogen-bond donors (Lipinski definition) is 0. The van der Waals surface area contributed by atoms with Gasteiger partial charge in [-0.2, -0.15) is 0 Å². The summed E-state index contributed by atoms with van der Waals surface area (Å²) in [5.74, 6) is 0. The minimum absolute atomic E-state index is 0.0579. The summed E-state index contributed by atoms with van der Waals surface area (Å²) in [6, 6.07) is 12.6. The molecule has 0 aliphatic carbocycles.